The van der Waals surface area contributed by atoms with Gasteiger partial charge in [-0.3, -0.25) is 9.48 Å². The summed E-state index contributed by atoms with van der Waals surface area (Å²) in [5.41, 5.74) is 2.29. The van der Waals surface area contributed by atoms with E-state index in [0.29, 0.717) is 31.0 Å². The molecular formula is C23H20ClF2N3O3. The van der Waals surface area contributed by atoms with E-state index in [1.54, 1.807) is 23.1 Å². The highest BCUT2D eigenvalue weighted by Gasteiger charge is 2.46. The second kappa shape index (κ2) is 7.78. The number of rotatable bonds is 3. The number of alkyl halides is 2. The fourth-order valence-electron chi connectivity index (χ4n) is 4.59. The smallest absolute Gasteiger partial charge is 0.387 e. The van der Waals surface area contributed by atoms with Crippen LogP contribution in [-0.4, -0.2) is 40.3 Å². The van der Waals surface area contributed by atoms with Gasteiger partial charge in [0.05, 0.1) is 17.5 Å². The zero-order chi connectivity index (χ0) is 22.5. The van der Waals surface area contributed by atoms with E-state index in [0.717, 1.165) is 22.6 Å². The van der Waals surface area contributed by atoms with Crippen LogP contribution >= 0.6 is 11.6 Å². The molecule has 2 aliphatic heterocycles. The minimum atomic E-state index is -3.00. The molecule has 166 valence electrons. The SMILES string of the molecule is Cn1ncc2c1-c1cc(Cl)ccc1OC21CCN(C(=O)c2ccccc2OC(F)F)CC1. The summed E-state index contributed by atoms with van der Waals surface area (Å²) in [5.74, 6) is 0.258. The van der Waals surface area contributed by atoms with Crippen LogP contribution in [0.15, 0.2) is 48.7 Å². The van der Waals surface area contributed by atoms with Gasteiger partial charge < -0.3 is 14.4 Å². The number of fused-ring (bicyclic) bond motifs is 4. The summed E-state index contributed by atoms with van der Waals surface area (Å²) in [6.07, 6.45) is 2.89. The molecule has 0 saturated carbocycles. The Labute approximate surface area is 188 Å². The van der Waals surface area contributed by atoms with Crippen LogP contribution in [0.2, 0.25) is 5.02 Å². The monoisotopic (exact) mass is 459 g/mol. The maximum atomic E-state index is 13.1. The molecule has 3 heterocycles. The maximum Gasteiger partial charge on any atom is 0.387 e. The average Bonchev–Trinajstić information content (AvgIpc) is 3.17. The highest BCUT2D eigenvalue weighted by atomic mass is 35.5. The first-order valence-electron chi connectivity index (χ1n) is 10.2. The number of nitrogens with zero attached hydrogens (tertiary/aromatic N) is 3. The number of benzene rings is 2. The number of likely N-dealkylation sites (tertiary alicyclic amines) is 1. The number of hydrogen-bond donors (Lipinski definition) is 0. The summed E-state index contributed by atoms with van der Waals surface area (Å²) in [4.78, 5) is 14.7. The largest absolute Gasteiger partial charge is 0.482 e. The van der Waals surface area contributed by atoms with Crippen molar-refractivity contribution in [1.29, 1.82) is 0 Å². The van der Waals surface area contributed by atoms with E-state index in [9.17, 15) is 13.6 Å². The van der Waals surface area contributed by atoms with Crippen LogP contribution in [0.5, 0.6) is 11.5 Å². The molecule has 2 aliphatic rings. The van der Waals surface area contributed by atoms with Gasteiger partial charge in [-0.1, -0.05) is 23.7 Å². The van der Waals surface area contributed by atoms with E-state index in [1.807, 2.05) is 30.1 Å². The second-order valence-corrected chi connectivity index (χ2v) is 8.37. The molecule has 9 heteroatoms. The van der Waals surface area contributed by atoms with E-state index < -0.39 is 12.2 Å². The van der Waals surface area contributed by atoms with Crippen molar-refractivity contribution >= 4 is 17.5 Å². The molecule has 0 aliphatic carbocycles. The summed E-state index contributed by atoms with van der Waals surface area (Å²) in [7, 11) is 1.88. The topological polar surface area (TPSA) is 56.6 Å². The van der Waals surface area contributed by atoms with Crippen molar-refractivity contribution in [2.24, 2.45) is 7.05 Å². The van der Waals surface area contributed by atoms with Crippen molar-refractivity contribution in [3.05, 3.63) is 64.8 Å². The lowest BCUT2D eigenvalue weighted by Crippen LogP contribution is -2.49. The number of hydrogen-bond acceptors (Lipinski definition) is 4. The third-order valence-corrected chi connectivity index (χ3v) is 6.36. The Bertz CT molecular complexity index is 1190. The molecule has 0 radical (unpaired) electrons. The van der Waals surface area contributed by atoms with Gasteiger partial charge in [-0.05, 0) is 30.3 Å². The minimum Gasteiger partial charge on any atom is -0.482 e. The molecule has 1 amide bonds. The van der Waals surface area contributed by atoms with Crippen LogP contribution in [0.25, 0.3) is 11.3 Å². The number of ether oxygens (including phenoxy) is 2. The van der Waals surface area contributed by atoms with Crippen molar-refractivity contribution in [1.82, 2.24) is 14.7 Å². The van der Waals surface area contributed by atoms with Crippen LogP contribution in [-0.2, 0) is 12.6 Å². The molecule has 2 aromatic carbocycles. The Balaban J connectivity index is 1.41. The van der Waals surface area contributed by atoms with Crippen LogP contribution in [0, 0.1) is 0 Å². The first kappa shape index (κ1) is 20.8. The van der Waals surface area contributed by atoms with E-state index in [1.165, 1.54) is 12.1 Å². The molecule has 1 saturated heterocycles. The molecule has 6 nitrogen and oxygen atoms in total. The number of piperidine rings is 1. The van der Waals surface area contributed by atoms with Crippen LogP contribution in [0.1, 0.15) is 28.8 Å². The van der Waals surface area contributed by atoms with Gasteiger partial charge in [0.2, 0.25) is 0 Å². The van der Waals surface area contributed by atoms with Gasteiger partial charge in [0.15, 0.2) is 0 Å². The molecule has 1 fully saturated rings. The van der Waals surface area contributed by atoms with Crippen LogP contribution in [0.3, 0.4) is 0 Å². The normalized spacial score (nSPS) is 16.5. The lowest BCUT2D eigenvalue weighted by Gasteiger charge is -2.44. The number of aryl methyl sites for hydroxylation is 1. The van der Waals surface area contributed by atoms with E-state index >= 15 is 0 Å². The Morgan fingerprint density at radius 3 is 2.72 bits per heavy atom. The molecule has 0 bridgehead atoms. The molecule has 32 heavy (non-hydrogen) atoms. The average molecular weight is 460 g/mol. The fourth-order valence-corrected chi connectivity index (χ4v) is 4.76. The molecule has 5 rings (SSSR count). The second-order valence-electron chi connectivity index (χ2n) is 7.93. The highest BCUT2D eigenvalue weighted by molar-refractivity contribution is 6.31. The van der Waals surface area contributed by atoms with Crippen LogP contribution < -0.4 is 9.47 Å². The molecule has 0 unspecified atom stereocenters. The molecule has 0 atom stereocenters. The minimum absolute atomic E-state index is 0.121. The summed E-state index contributed by atoms with van der Waals surface area (Å²) in [5, 5.41) is 5.05. The van der Waals surface area contributed by atoms with Crippen molar-refractivity contribution in [2.75, 3.05) is 13.1 Å². The summed E-state index contributed by atoms with van der Waals surface area (Å²) < 4.78 is 38.3. The Hall–Kier alpha value is -3.13. The number of para-hydroxylation sites is 1. The number of carbonyl (C=O) groups is 1. The fraction of sp³-hybridized carbons (Fsp3) is 0.304. The quantitative estimate of drug-likeness (QED) is 0.561. The molecule has 1 aromatic heterocycles. The van der Waals surface area contributed by atoms with Gasteiger partial charge >= 0.3 is 6.61 Å². The number of halogens is 3. The zero-order valence-electron chi connectivity index (χ0n) is 17.2. The van der Waals surface area contributed by atoms with E-state index in [-0.39, 0.29) is 17.2 Å². The standard InChI is InChI=1S/C23H20ClF2N3O3/c1-28-20-16-12-14(24)6-7-19(16)32-23(17(20)13-27-28)8-10-29(11-9-23)21(30)15-4-2-3-5-18(15)31-22(25)26/h2-7,12-13,22H,8-11H2,1H3. The maximum absolute atomic E-state index is 13.1. The molecule has 1 spiro atoms. The van der Waals surface area contributed by atoms with Gasteiger partial charge in [0.25, 0.3) is 5.91 Å². The lowest BCUT2D eigenvalue weighted by molar-refractivity contribution is -0.0504. The van der Waals surface area contributed by atoms with Gasteiger partial charge in [-0.2, -0.15) is 13.9 Å². The Morgan fingerprint density at radius 1 is 1.22 bits per heavy atom. The predicted octanol–water partition coefficient (Wildman–Crippen LogP) is 4.87. The summed E-state index contributed by atoms with van der Waals surface area (Å²) in [6, 6.07) is 11.6. The zero-order valence-corrected chi connectivity index (χ0v) is 18.0. The van der Waals surface area contributed by atoms with Crippen molar-refractivity contribution in [3.63, 3.8) is 0 Å². The highest BCUT2D eigenvalue weighted by Crippen LogP contribution is 2.50. The van der Waals surface area contributed by atoms with Gasteiger partial charge in [0.1, 0.15) is 17.1 Å². The van der Waals surface area contributed by atoms with Crippen molar-refractivity contribution in [2.45, 2.75) is 25.1 Å². The van der Waals surface area contributed by atoms with Crippen LogP contribution in [0.4, 0.5) is 8.78 Å². The van der Waals surface area contributed by atoms with Crippen molar-refractivity contribution < 1.29 is 23.0 Å². The number of aromatic nitrogens is 2. The predicted molar refractivity (Wildman–Crippen MR) is 114 cm³/mol. The van der Waals surface area contributed by atoms with Gasteiger partial charge in [-0.15, -0.1) is 0 Å². The van der Waals surface area contributed by atoms with Gasteiger partial charge in [0, 0.05) is 49.1 Å². The van der Waals surface area contributed by atoms with Crippen molar-refractivity contribution in [3.8, 4) is 22.8 Å². The third-order valence-electron chi connectivity index (χ3n) is 6.12. The van der Waals surface area contributed by atoms with E-state index in [2.05, 4.69) is 9.84 Å². The first-order valence-corrected chi connectivity index (χ1v) is 10.6. The van der Waals surface area contributed by atoms with E-state index in [4.69, 9.17) is 16.3 Å². The lowest BCUT2D eigenvalue weighted by atomic mass is 9.81. The first-order chi connectivity index (χ1) is 15.4. The molecule has 3 aromatic rings. The van der Waals surface area contributed by atoms with Gasteiger partial charge in [-0.25, -0.2) is 0 Å². The number of amides is 1. The Kier molecular flexibility index (Phi) is 5.04. The summed E-state index contributed by atoms with van der Waals surface area (Å²) >= 11 is 6.21. The molecular weight excluding hydrogens is 440 g/mol. The third kappa shape index (κ3) is 3.39. The molecule has 0 N–H and O–H groups in total. The summed E-state index contributed by atoms with van der Waals surface area (Å²) in [6.45, 7) is -2.19. The number of carbonyl (C=O) groups excluding carboxylic acids is 1. The Morgan fingerprint density at radius 2 is 1.97 bits per heavy atom.